The van der Waals surface area contributed by atoms with Crippen molar-refractivity contribution in [2.24, 2.45) is 0 Å². The van der Waals surface area contributed by atoms with E-state index in [4.69, 9.17) is 9.47 Å². The van der Waals surface area contributed by atoms with Crippen molar-refractivity contribution in [2.75, 3.05) is 13.7 Å². The molecule has 0 radical (unpaired) electrons. The molecule has 0 fully saturated rings. The van der Waals surface area contributed by atoms with Gasteiger partial charge in [0.05, 0.1) is 19.3 Å². The Kier molecular flexibility index (Phi) is 6.16. The van der Waals surface area contributed by atoms with Gasteiger partial charge in [0.15, 0.2) is 11.5 Å². The van der Waals surface area contributed by atoms with E-state index in [9.17, 15) is 9.59 Å². The first-order valence-electron chi connectivity index (χ1n) is 9.11. The zero-order valence-electron chi connectivity index (χ0n) is 15.9. The molecule has 3 N–H and O–H groups in total. The number of methoxy groups -OCH3 is 1. The fourth-order valence-electron chi connectivity index (χ4n) is 2.77. The lowest BCUT2D eigenvalue weighted by atomic mass is 10.1. The number of para-hydroxylation sites is 1. The molecular formula is C21H23N3O4. The molecule has 0 atom stereocenters. The highest BCUT2D eigenvalue weighted by Gasteiger charge is 2.15. The fourth-order valence-corrected chi connectivity index (χ4v) is 2.77. The standard InChI is InChI=1S/C21H23N3O4/c1-3-4-11-28-18-10-9-14(12-19(18)27-2)20(25)23-24-21(26)16-13-22-17-8-6-5-7-15(16)17/h5-10,12-13,22H,3-4,11H2,1-2H3,(H,23,25)(H,24,26). The van der Waals surface area contributed by atoms with E-state index < -0.39 is 11.8 Å². The summed E-state index contributed by atoms with van der Waals surface area (Å²) in [4.78, 5) is 27.8. The minimum Gasteiger partial charge on any atom is -0.493 e. The van der Waals surface area contributed by atoms with Crippen LogP contribution in [0.5, 0.6) is 11.5 Å². The van der Waals surface area contributed by atoms with Crippen molar-refractivity contribution in [1.82, 2.24) is 15.8 Å². The van der Waals surface area contributed by atoms with Crippen molar-refractivity contribution >= 4 is 22.7 Å². The van der Waals surface area contributed by atoms with Crippen LogP contribution in [0.25, 0.3) is 10.9 Å². The summed E-state index contributed by atoms with van der Waals surface area (Å²) in [5, 5.41) is 0.782. The lowest BCUT2D eigenvalue weighted by Gasteiger charge is -2.12. The number of H-pyrrole nitrogens is 1. The Hall–Kier alpha value is -3.48. The van der Waals surface area contributed by atoms with Gasteiger partial charge in [-0.15, -0.1) is 0 Å². The SMILES string of the molecule is CCCCOc1ccc(C(=O)NNC(=O)c2c[nH]c3ccccc23)cc1OC. The van der Waals surface area contributed by atoms with Crippen molar-refractivity contribution in [3.05, 3.63) is 59.8 Å². The van der Waals surface area contributed by atoms with Crippen LogP contribution in [0.2, 0.25) is 0 Å². The quantitative estimate of drug-likeness (QED) is 0.432. The van der Waals surface area contributed by atoms with Crippen LogP contribution in [0.4, 0.5) is 0 Å². The van der Waals surface area contributed by atoms with Gasteiger partial charge in [-0.1, -0.05) is 31.5 Å². The van der Waals surface area contributed by atoms with E-state index in [1.807, 2.05) is 24.3 Å². The van der Waals surface area contributed by atoms with Crippen LogP contribution in [-0.4, -0.2) is 30.5 Å². The first-order valence-corrected chi connectivity index (χ1v) is 9.11. The highest BCUT2D eigenvalue weighted by atomic mass is 16.5. The predicted octanol–water partition coefficient (Wildman–Crippen LogP) is 3.43. The van der Waals surface area contributed by atoms with Crippen LogP contribution in [0.3, 0.4) is 0 Å². The minimum absolute atomic E-state index is 0.346. The largest absolute Gasteiger partial charge is 0.493 e. The number of fused-ring (bicyclic) bond motifs is 1. The van der Waals surface area contributed by atoms with E-state index >= 15 is 0 Å². The van der Waals surface area contributed by atoms with Gasteiger partial charge in [0.1, 0.15) is 0 Å². The summed E-state index contributed by atoms with van der Waals surface area (Å²) >= 11 is 0. The van der Waals surface area contributed by atoms with Crippen molar-refractivity contribution in [1.29, 1.82) is 0 Å². The summed E-state index contributed by atoms with van der Waals surface area (Å²) in [5.74, 6) is 0.186. The Morgan fingerprint density at radius 1 is 1.04 bits per heavy atom. The number of hydrazine groups is 1. The van der Waals surface area contributed by atoms with Crippen LogP contribution in [0, 0.1) is 0 Å². The number of ether oxygens (including phenoxy) is 2. The van der Waals surface area contributed by atoms with Gasteiger partial charge in [-0.05, 0) is 30.7 Å². The van der Waals surface area contributed by atoms with Crippen molar-refractivity contribution < 1.29 is 19.1 Å². The molecule has 2 amide bonds. The molecule has 3 aromatic rings. The van der Waals surface area contributed by atoms with Gasteiger partial charge in [0, 0.05) is 22.7 Å². The van der Waals surface area contributed by atoms with E-state index in [-0.39, 0.29) is 0 Å². The number of amides is 2. The number of hydrogen-bond acceptors (Lipinski definition) is 4. The molecule has 7 nitrogen and oxygen atoms in total. The van der Waals surface area contributed by atoms with E-state index in [2.05, 4.69) is 22.8 Å². The fraction of sp³-hybridized carbons (Fsp3) is 0.238. The Morgan fingerprint density at radius 3 is 2.61 bits per heavy atom. The molecule has 0 saturated heterocycles. The summed E-state index contributed by atoms with van der Waals surface area (Å²) < 4.78 is 11.0. The molecule has 0 aliphatic heterocycles. The molecule has 0 bridgehead atoms. The summed E-state index contributed by atoms with van der Waals surface area (Å²) in [5.41, 5.74) is 6.51. The maximum atomic E-state index is 12.4. The molecule has 28 heavy (non-hydrogen) atoms. The maximum Gasteiger partial charge on any atom is 0.271 e. The van der Waals surface area contributed by atoms with Crippen molar-refractivity contribution in [3.8, 4) is 11.5 Å². The summed E-state index contributed by atoms with van der Waals surface area (Å²) in [6.45, 7) is 2.66. The molecule has 7 heteroatoms. The number of rotatable bonds is 7. The number of aromatic amines is 1. The first kappa shape index (κ1) is 19.3. The lowest BCUT2D eigenvalue weighted by Crippen LogP contribution is -2.41. The van der Waals surface area contributed by atoms with Crippen molar-refractivity contribution in [2.45, 2.75) is 19.8 Å². The number of nitrogens with one attached hydrogen (secondary N) is 3. The van der Waals surface area contributed by atoms with Crippen molar-refractivity contribution in [3.63, 3.8) is 0 Å². The van der Waals surface area contributed by atoms with Gasteiger partial charge in [-0.2, -0.15) is 0 Å². The third-order valence-electron chi connectivity index (χ3n) is 4.30. The Morgan fingerprint density at radius 2 is 1.82 bits per heavy atom. The zero-order valence-corrected chi connectivity index (χ0v) is 15.9. The van der Waals surface area contributed by atoms with Gasteiger partial charge >= 0.3 is 0 Å². The maximum absolute atomic E-state index is 12.4. The Labute approximate surface area is 163 Å². The van der Waals surface area contributed by atoms with E-state index in [0.29, 0.717) is 29.2 Å². The molecule has 0 aliphatic carbocycles. The number of benzene rings is 2. The lowest BCUT2D eigenvalue weighted by molar-refractivity contribution is 0.0847. The number of aromatic nitrogens is 1. The predicted molar refractivity (Wildman–Crippen MR) is 107 cm³/mol. The number of carbonyl (C=O) groups excluding carboxylic acids is 2. The Balaban J connectivity index is 1.65. The average molecular weight is 381 g/mol. The molecule has 0 saturated carbocycles. The van der Waals surface area contributed by atoms with Crippen LogP contribution in [0.15, 0.2) is 48.7 Å². The van der Waals surface area contributed by atoms with Crippen LogP contribution >= 0.6 is 0 Å². The van der Waals surface area contributed by atoms with Gasteiger partial charge < -0.3 is 14.5 Å². The smallest absolute Gasteiger partial charge is 0.271 e. The summed E-state index contributed by atoms with van der Waals surface area (Å²) in [7, 11) is 1.52. The Bertz CT molecular complexity index is 981. The van der Waals surface area contributed by atoms with Gasteiger partial charge in [-0.3, -0.25) is 20.4 Å². The molecular weight excluding hydrogens is 358 g/mol. The molecule has 0 spiro atoms. The zero-order chi connectivity index (χ0) is 19.9. The molecule has 0 unspecified atom stereocenters. The first-order chi connectivity index (χ1) is 13.6. The van der Waals surface area contributed by atoms with Crippen LogP contribution < -0.4 is 20.3 Å². The second-order valence-electron chi connectivity index (χ2n) is 6.22. The topological polar surface area (TPSA) is 92.5 Å². The van der Waals surface area contributed by atoms with Gasteiger partial charge in [-0.25, -0.2) is 0 Å². The minimum atomic E-state index is -0.452. The molecule has 1 aromatic heterocycles. The second-order valence-corrected chi connectivity index (χ2v) is 6.22. The molecule has 3 rings (SSSR count). The van der Waals surface area contributed by atoms with Crippen LogP contribution in [-0.2, 0) is 0 Å². The van der Waals surface area contributed by atoms with E-state index in [1.165, 1.54) is 7.11 Å². The number of hydrogen-bond donors (Lipinski definition) is 3. The third kappa shape index (κ3) is 4.25. The monoisotopic (exact) mass is 381 g/mol. The normalized spacial score (nSPS) is 10.5. The van der Waals surface area contributed by atoms with Gasteiger partial charge in [0.2, 0.25) is 0 Å². The highest BCUT2D eigenvalue weighted by molar-refractivity contribution is 6.07. The molecule has 146 valence electrons. The van der Waals surface area contributed by atoms with E-state index in [1.54, 1.807) is 24.4 Å². The summed E-state index contributed by atoms with van der Waals surface area (Å²) in [6.07, 6.45) is 3.57. The summed E-state index contributed by atoms with van der Waals surface area (Å²) in [6, 6.07) is 12.3. The molecule has 1 heterocycles. The van der Waals surface area contributed by atoms with E-state index in [0.717, 1.165) is 23.7 Å². The molecule has 0 aliphatic rings. The molecule has 2 aromatic carbocycles. The van der Waals surface area contributed by atoms with Gasteiger partial charge in [0.25, 0.3) is 11.8 Å². The average Bonchev–Trinajstić information content (AvgIpc) is 3.16. The number of carbonyl (C=O) groups is 2. The van der Waals surface area contributed by atoms with Crippen LogP contribution in [0.1, 0.15) is 40.5 Å². The third-order valence-corrected chi connectivity index (χ3v) is 4.30. The number of unbranched alkanes of at least 4 members (excludes halogenated alkanes) is 1. The highest BCUT2D eigenvalue weighted by Crippen LogP contribution is 2.28. The second kappa shape index (κ2) is 8.94.